The van der Waals surface area contributed by atoms with E-state index in [1.807, 2.05) is 0 Å². The molecule has 23 heavy (non-hydrogen) atoms. The molecule has 6 heteroatoms. The van der Waals surface area contributed by atoms with Gasteiger partial charge in [0.25, 0.3) is 0 Å². The van der Waals surface area contributed by atoms with Crippen LogP contribution in [0.4, 0.5) is 0 Å². The summed E-state index contributed by atoms with van der Waals surface area (Å²) in [5, 5.41) is 6.50. The summed E-state index contributed by atoms with van der Waals surface area (Å²) < 4.78 is 11.5. The molecule has 0 bridgehead atoms. The van der Waals surface area contributed by atoms with E-state index >= 15 is 0 Å². The van der Waals surface area contributed by atoms with Crippen molar-refractivity contribution < 1.29 is 9.47 Å². The maximum absolute atomic E-state index is 6.05. The molecule has 5 nitrogen and oxygen atoms in total. The third-order valence-electron chi connectivity index (χ3n) is 3.74. The summed E-state index contributed by atoms with van der Waals surface area (Å²) in [4.78, 5) is 4.19. The number of nitrogens with one attached hydrogen (secondary N) is 2. The average molecular weight is 433 g/mol. The van der Waals surface area contributed by atoms with Gasteiger partial charge in [0.15, 0.2) is 5.96 Å². The molecule has 1 aromatic carbocycles. The van der Waals surface area contributed by atoms with Crippen molar-refractivity contribution in [1.82, 2.24) is 10.6 Å². The number of rotatable bonds is 6. The molecular formula is C17H28IN3O2. The Balaban J connectivity index is 0.00000264. The maximum atomic E-state index is 6.05. The fourth-order valence-corrected chi connectivity index (χ4v) is 2.43. The standard InChI is InChI=1S/C17H27N3O2.HI/c1-4-19-17(18-3)20-10-15-6-5-13(2)9-16(15)22-12-14-7-8-21-11-14;/h5-6,9,14H,4,7-8,10-12H2,1-3H3,(H2,18,19,20);1H. The third-order valence-corrected chi connectivity index (χ3v) is 3.74. The zero-order chi connectivity index (χ0) is 15.8. The maximum Gasteiger partial charge on any atom is 0.191 e. The molecule has 0 spiro atoms. The first-order chi connectivity index (χ1) is 10.7. The molecular weight excluding hydrogens is 405 g/mol. The number of aryl methyl sites for hydroxylation is 1. The Kier molecular flexibility index (Phi) is 9.31. The van der Waals surface area contributed by atoms with Gasteiger partial charge in [0.1, 0.15) is 5.75 Å². The number of halogens is 1. The predicted octanol–water partition coefficient (Wildman–Crippen LogP) is 2.71. The Bertz CT molecular complexity index is 503. The number of guanidine groups is 1. The second kappa shape index (κ2) is 10.7. The van der Waals surface area contributed by atoms with E-state index in [0.29, 0.717) is 12.5 Å². The lowest BCUT2D eigenvalue weighted by Gasteiger charge is -2.16. The van der Waals surface area contributed by atoms with Crippen molar-refractivity contribution in [3.05, 3.63) is 29.3 Å². The van der Waals surface area contributed by atoms with Gasteiger partial charge in [-0.2, -0.15) is 0 Å². The van der Waals surface area contributed by atoms with Gasteiger partial charge in [0, 0.05) is 38.2 Å². The Morgan fingerprint density at radius 2 is 2.22 bits per heavy atom. The molecule has 0 amide bonds. The molecule has 1 aliphatic heterocycles. The summed E-state index contributed by atoms with van der Waals surface area (Å²) in [5.74, 6) is 2.26. The minimum absolute atomic E-state index is 0. The van der Waals surface area contributed by atoms with E-state index in [-0.39, 0.29) is 24.0 Å². The second-order valence-electron chi connectivity index (χ2n) is 5.61. The van der Waals surface area contributed by atoms with Crippen molar-refractivity contribution in [2.75, 3.05) is 33.4 Å². The van der Waals surface area contributed by atoms with Crippen LogP contribution in [0.1, 0.15) is 24.5 Å². The van der Waals surface area contributed by atoms with E-state index in [4.69, 9.17) is 9.47 Å². The lowest BCUT2D eigenvalue weighted by atomic mass is 10.1. The van der Waals surface area contributed by atoms with E-state index in [0.717, 1.165) is 50.1 Å². The summed E-state index contributed by atoms with van der Waals surface area (Å²) in [5.41, 5.74) is 2.35. The van der Waals surface area contributed by atoms with Gasteiger partial charge < -0.3 is 20.1 Å². The van der Waals surface area contributed by atoms with Gasteiger partial charge in [-0.25, -0.2) is 0 Å². The smallest absolute Gasteiger partial charge is 0.191 e. The van der Waals surface area contributed by atoms with Crippen LogP contribution in [0.15, 0.2) is 23.2 Å². The molecule has 0 aromatic heterocycles. The Labute approximate surface area is 156 Å². The van der Waals surface area contributed by atoms with Crippen molar-refractivity contribution >= 4 is 29.9 Å². The number of benzene rings is 1. The average Bonchev–Trinajstić information content (AvgIpc) is 3.04. The fourth-order valence-electron chi connectivity index (χ4n) is 2.43. The normalized spacial score (nSPS) is 17.5. The molecule has 1 heterocycles. The van der Waals surface area contributed by atoms with Crippen LogP contribution in [0.3, 0.4) is 0 Å². The van der Waals surface area contributed by atoms with Crippen LogP contribution in [0, 0.1) is 12.8 Å². The van der Waals surface area contributed by atoms with Gasteiger partial charge in [0.05, 0.1) is 13.2 Å². The summed E-state index contributed by atoms with van der Waals surface area (Å²) in [7, 11) is 1.78. The largest absolute Gasteiger partial charge is 0.493 e. The molecule has 1 aliphatic rings. The lowest BCUT2D eigenvalue weighted by Crippen LogP contribution is -2.36. The van der Waals surface area contributed by atoms with Crippen molar-refractivity contribution in [1.29, 1.82) is 0 Å². The molecule has 0 saturated carbocycles. The summed E-state index contributed by atoms with van der Waals surface area (Å²) in [6.07, 6.45) is 1.09. The number of hydrogen-bond acceptors (Lipinski definition) is 3. The Morgan fingerprint density at radius 1 is 1.39 bits per heavy atom. The molecule has 1 unspecified atom stereocenters. The minimum atomic E-state index is 0. The number of aliphatic imine (C=N–C) groups is 1. The first-order valence-electron chi connectivity index (χ1n) is 7.97. The van der Waals surface area contributed by atoms with Gasteiger partial charge in [0.2, 0.25) is 0 Å². The first-order valence-corrected chi connectivity index (χ1v) is 7.97. The van der Waals surface area contributed by atoms with Gasteiger partial charge >= 0.3 is 0 Å². The zero-order valence-corrected chi connectivity index (χ0v) is 16.6. The minimum Gasteiger partial charge on any atom is -0.493 e. The molecule has 1 fully saturated rings. The molecule has 1 saturated heterocycles. The monoisotopic (exact) mass is 433 g/mol. The highest BCUT2D eigenvalue weighted by Crippen LogP contribution is 2.22. The van der Waals surface area contributed by atoms with E-state index in [1.54, 1.807) is 7.05 Å². The molecule has 0 radical (unpaired) electrons. The summed E-state index contributed by atoms with van der Waals surface area (Å²) in [6.45, 7) is 8.06. The highest BCUT2D eigenvalue weighted by molar-refractivity contribution is 14.0. The van der Waals surface area contributed by atoms with Gasteiger partial charge in [-0.15, -0.1) is 24.0 Å². The SMILES string of the molecule is CCNC(=NC)NCc1ccc(C)cc1OCC1CCOC1.I. The van der Waals surface area contributed by atoms with Crippen molar-refractivity contribution in [2.45, 2.75) is 26.8 Å². The van der Waals surface area contributed by atoms with Crippen molar-refractivity contribution in [3.63, 3.8) is 0 Å². The molecule has 130 valence electrons. The van der Waals surface area contributed by atoms with E-state index < -0.39 is 0 Å². The zero-order valence-electron chi connectivity index (χ0n) is 14.2. The third kappa shape index (κ3) is 6.55. The van der Waals surface area contributed by atoms with Crippen molar-refractivity contribution in [2.24, 2.45) is 10.9 Å². The topological polar surface area (TPSA) is 54.9 Å². The number of ether oxygens (including phenoxy) is 2. The highest BCUT2D eigenvalue weighted by Gasteiger charge is 2.17. The Hall–Kier alpha value is -1.02. The lowest BCUT2D eigenvalue weighted by molar-refractivity contribution is 0.166. The second-order valence-corrected chi connectivity index (χ2v) is 5.61. The quantitative estimate of drug-likeness (QED) is 0.412. The van der Waals surface area contributed by atoms with E-state index in [9.17, 15) is 0 Å². The van der Waals surface area contributed by atoms with Crippen LogP contribution in [0.2, 0.25) is 0 Å². The number of hydrogen-bond donors (Lipinski definition) is 2. The summed E-state index contributed by atoms with van der Waals surface area (Å²) >= 11 is 0. The summed E-state index contributed by atoms with van der Waals surface area (Å²) in [6, 6.07) is 6.32. The molecule has 2 rings (SSSR count). The first kappa shape index (κ1) is 20.0. The van der Waals surface area contributed by atoms with E-state index in [2.05, 4.69) is 47.7 Å². The molecule has 0 aliphatic carbocycles. The van der Waals surface area contributed by atoms with Crippen LogP contribution < -0.4 is 15.4 Å². The highest BCUT2D eigenvalue weighted by atomic mass is 127. The molecule has 1 atom stereocenters. The Morgan fingerprint density at radius 3 is 2.87 bits per heavy atom. The van der Waals surface area contributed by atoms with Gasteiger partial charge in [-0.3, -0.25) is 4.99 Å². The van der Waals surface area contributed by atoms with Crippen LogP contribution >= 0.6 is 24.0 Å². The van der Waals surface area contributed by atoms with Crippen LogP contribution in [0.25, 0.3) is 0 Å². The van der Waals surface area contributed by atoms with Gasteiger partial charge in [-0.1, -0.05) is 12.1 Å². The van der Waals surface area contributed by atoms with Crippen LogP contribution in [-0.2, 0) is 11.3 Å². The van der Waals surface area contributed by atoms with Crippen LogP contribution in [-0.4, -0.2) is 39.4 Å². The fraction of sp³-hybridized carbons (Fsp3) is 0.588. The predicted molar refractivity (Wildman–Crippen MR) is 105 cm³/mol. The van der Waals surface area contributed by atoms with Crippen molar-refractivity contribution in [3.8, 4) is 5.75 Å². The molecule has 2 N–H and O–H groups in total. The number of nitrogens with zero attached hydrogens (tertiary/aromatic N) is 1. The van der Waals surface area contributed by atoms with E-state index in [1.165, 1.54) is 5.56 Å². The van der Waals surface area contributed by atoms with Gasteiger partial charge in [-0.05, 0) is 31.9 Å². The molecule has 1 aromatic rings. The van der Waals surface area contributed by atoms with Crippen LogP contribution in [0.5, 0.6) is 5.75 Å².